The van der Waals surface area contributed by atoms with Crippen molar-refractivity contribution in [3.05, 3.63) is 84.2 Å². The van der Waals surface area contributed by atoms with E-state index in [1.807, 2.05) is 24.4 Å². The molecule has 4 nitrogen and oxygen atoms in total. The fourth-order valence-corrected chi connectivity index (χ4v) is 5.13. The normalized spacial score (nSPS) is 22.3. The van der Waals surface area contributed by atoms with E-state index in [1.54, 1.807) is 12.1 Å². The van der Waals surface area contributed by atoms with Crippen LogP contribution < -0.4 is 10.2 Å². The van der Waals surface area contributed by atoms with Crippen molar-refractivity contribution in [3.8, 4) is 0 Å². The number of thiocarbonyl (C=S) groups is 1. The summed E-state index contributed by atoms with van der Waals surface area (Å²) in [5, 5.41) is 4.09. The summed E-state index contributed by atoms with van der Waals surface area (Å²) in [5.41, 5.74) is 3.01. The highest BCUT2D eigenvalue weighted by Crippen LogP contribution is 2.42. The fourth-order valence-electron chi connectivity index (χ4n) is 4.79. The Labute approximate surface area is 181 Å². The van der Waals surface area contributed by atoms with Gasteiger partial charge in [-0.1, -0.05) is 25.3 Å². The van der Waals surface area contributed by atoms with Crippen molar-refractivity contribution < 1.29 is 4.39 Å². The minimum atomic E-state index is -0.252. The van der Waals surface area contributed by atoms with Crippen LogP contribution in [0.1, 0.15) is 61.5 Å². The molecule has 1 aliphatic heterocycles. The second-order valence-electron chi connectivity index (χ2n) is 8.16. The van der Waals surface area contributed by atoms with Gasteiger partial charge in [0.05, 0.1) is 17.8 Å². The lowest BCUT2D eigenvalue weighted by Crippen LogP contribution is -2.29. The van der Waals surface area contributed by atoms with Gasteiger partial charge in [-0.2, -0.15) is 0 Å². The molecule has 0 unspecified atom stereocenters. The van der Waals surface area contributed by atoms with Crippen LogP contribution in [0.5, 0.6) is 0 Å². The Morgan fingerprint density at radius 1 is 1.00 bits per heavy atom. The van der Waals surface area contributed by atoms with Crippen molar-refractivity contribution in [2.24, 2.45) is 0 Å². The third-order valence-corrected chi connectivity index (χ3v) is 6.59. The van der Waals surface area contributed by atoms with E-state index in [4.69, 9.17) is 12.2 Å². The van der Waals surface area contributed by atoms with E-state index in [9.17, 15) is 4.39 Å². The van der Waals surface area contributed by atoms with E-state index in [1.165, 1.54) is 49.8 Å². The molecule has 30 heavy (non-hydrogen) atoms. The van der Waals surface area contributed by atoms with Gasteiger partial charge in [-0.25, -0.2) is 4.39 Å². The summed E-state index contributed by atoms with van der Waals surface area (Å²) in [6, 6.07) is 15.1. The molecule has 1 N–H and O–H groups in total. The van der Waals surface area contributed by atoms with Gasteiger partial charge in [0, 0.05) is 30.3 Å². The quantitative estimate of drug-likeness (QED) is 0.549. The lowest BCUT2D eigenvalue weighted by Gasteiger charge is -2.28. The van der Waals surface area contributed by atoms with E-state index < -0.39 is 0 Å². The van der Waals surface area contributed by atoms with E-state index in [0.717, 1.165) is 11.4 Å². The lowest BCUT2D eigenvalue weighted by molar-refractivity contribution is 0.353. The first kappa shape index (κ1) is 19.2. The van der Waals surface area contributed by atoms with Gasteiger partial charge in [0.2, 0.25) is 0 Å². The van der Waals surface area contributed by atoms with Gasteiger partial charge in [0.25, 0.3) is 0 Å². The van der Waals surface area contributed by atoms with E-state index in [2.05, 4.69) is 38.2 Å². The minimum Gasteiger partial charge on any atom is -0.351 e. The molecule has 2 aliphatic rings. The number of nitrogens with zero attached hydrogens (tertiary/aromatic N) is 3. The molecule has 2 aromatic heterocycles. The Morgan fingerprint density at radius 2 is 1.80 bits per heavy atom. The third kappa shape index (κ3) is 3.60. The average molecular weight is 421 g/mol. The van der Waals surface area contributed by atoms with E-state index >= 15 is 0 Å². The average Bonchev–Trinajstić information content (AvgIpc) is 3.40. The summed E-state index contributed by atoms with van der Waals surface area (Å²) < 4.78 is 15.9. The van der Waals surface area contributed by atoms with Crippen LogP contribution in [-0.2, 0) is 0 Å². The number of benzene rings is 1. The monoisotopic (exact) mass is 420 g/mol. The summed E-state index contributed by atoms with van der Waals surface area (Å²) in [7, 11) is 0. The van der Waals surface area contributed by atoms with Gasteiger partial charge in [-0.3, -0.25) is 4.98 Å². The number of hydrogen-bond acceptors (Lipinski definition) is 2. The second-order valence-corrected chi connectivity index (χ2v) is 8.54. The van der Waals surface area contributed by atoms with Crippen LogP contribution in [0.2, 0.25) is 0 Å². The molecular formula is C24H25FN4S. The molecule has 0 spiro atoms. The molecule has 2 fully saturated rings. The van der Waals surface area contributed by atoms with Gasteiger partial charge < -0.3 is 14.8 Å². The highest BCUT2D eigenvalue weighted by atomic mass is 32.1. The molecule has 1 aliphatic carbocycles. The number of rotatable bonds is 4. The molecule has 0 amide bonds. The van der Waals surface area contributed by atoms with Crippen LogP contribution >= 0.6 is 12.2 Å². The zero-order chi connectivity index (χ0) is 20.5. The molecule has 154 valence electrons. The van der Waals surface area contributed by atoms with Crippen molar-refractivity contribution in [1.29, 1.82) is 0 Å². The fraction of sp³-hybridized carbons (Fsp3) is 0.333. The third-order valence-electron chi connectivity index (χ3n) is 6.28. The van der Waals surface area contributed by atoms with Crippen LogP contribution in [0.4, 0.5) is 10.1 Å². The minimum absolute atomic E-state index is 0.0531. The van der Waals surface area contributed by atoms with Gasteiger partial charge >= 0.3 is 0 Å². The van der Waals surface area contributed by atoms with Crippen molar-refractivity contribution in [2.45, 2.75) is 50.2 Å². The van der Waals surface area contributed by atoms with E-state index in [0.29, 0.717) is 11.2 Å². The number of pyridine rings is 1. The number of halogens is 1. The molecule has 0 radical (unpaired) electrons. The first-order chi connectivity index (χ1) is 14.7. The Morgan fingerprint density at radius 3 is 2.53 bits per heavy atom. The summed E-state index contributed by atoms with van der Waals surface area (Å²) in [5.74, 6) is -0.252. The van der Waals surface area contributed by atoms with Gasteiger partial charge in [0.1, 0.15) is 5.82 Å². The Bertz CT molecular complexity index is 1010. The maximum absolute atomic E-state index is 13.6. The Kier molecular flexibility index (Phi) is 5.25. The predicted octanol–water partition coefficient (Wildman–Crippen LogP) is 5.70. The molecule has 2 atom stereocenters. The van der Waals surface area contributed by atoms with Crippen LogP contribution in [0.15, 0.2) is 67.1 Å². The summed E-state index contributed by atoms with van der Waals surface area (Å²) in [6.07, 6.45) is 12.7. The molecule has 3 heterocycles. The number of aromatic nitrogens is 2. The molecule has 0 bridgehead atoms. The summed E-state index contributed by atoms with van der Waals surface area (Å²) >= 11 is 5.73. The van der Waals surface area contributed by atoms with Crippen LogP contribution in [-0.4, -0.2) is 14.7 Å². The van der Waals surface area contributed by atoms with Crippen LogP contribution in [0.3, 0.4) is 0 Å². The highest BCUT2D eigenvalue weighted by Gasteiger charge is 2.41. The highest BCUT2D eigenvalue weighted by molar-refractivity contribution is 7.80. The van der Waals surface area contributed by atoms with Crippen molar-refractivity contribution >= 4 is 23.0 Å². The number of anilines is 1. The second kappa shape index (κ2) is 8.19. The number of nitrogens with one attached hydrogen (secondary N) is 1. The molecule has 5 rings (SSSR count). The standard InChI is InChI=1S/C24H25FN4S/c25-18-9-11-20(12-10-18)29-23(22(27-24(29)30)21-8-4-5-14-26-21)17-13-15-28(16-17)19-6-2-1-3-7-19/h4-5,8-16,19,22-23H,1-3,6-7H2,(H,27,30)/t22-,23-/m0/s1. The maximum Gasteiger partial charge on any atom is 0.174 e. The SMILES string of the molecule is Fc1ccc(N2C(=S)N[C@@H](c3ccccn3)[C@@H]2c2ccn(C3CCCCC3)c2)cc1. The van der Waals surface area contributed by atoms with E-state index in [-0.39, 0.29) is 17.9 Å². The molecule has 6 heteroatoms. The summed E-state index contributed by atoms with van der Waals surface area (Å²) in [4.78, 5) is 6.69. The van der Waals surface area contributed by atoms with Gasteiger partial charge in [0.15, 0.2) is 5.11 Å². The smallest absolute Gasteiger partial charge is 0.174 e. The lowest BCUT2D eigenvalue weighted by atomic mass is 9.95. The molecule has 3 aromatic rings. The molecule has 1 aromatic carbocycles. The van der Waals surface area contributed by atoms with Crippen LogP contribution in [0.25, 0.3) is 0 Å². The summed E-state index contributed by atoms with van der Waals surface area (Å²) in [6.45, 7) is 0. The topological polar surface area (TPSA) is 33.1 Å². The number of hydrogen-bond donors (Lipinski definition) is 1. The first-order valence-electron chi connectivity index (χ1n) is 10.6. The predicted molar refractivity (Wildman–Crippen MR) is 121 cm³/mol. The largest absolute Gasteiger partial charge is 0.351 e. The van der Waals surface area contributed by atoms with Gasteiger partial charge in [-0.05, 0) is 73.1 Å². The van der Waals surface area contributed by atoms with Crippen molar-refractivity contribution in [1.82, 2.24) is 14.9 Å². The molecule has 1 saturated heterocycles. The van der Waals surface area contributed by atoms with Crippen molar-refractivity contribution in [3.63, 3.8) is 0 Å². The zero-order valence-electron chi connectivity index (χ0n) is 16.7. The molecular weight excluding hydrogens is 395 g/mol. The Hall–Kier alpha value is -2.73. The zero-order valence-corrected chi connectivity index (χ0v) is 17.6. The molecule has 1 saturated carbocycles. The first-order valence-corrected chi connectivity index (χ1v) is 11.0. The Balaban J connectivity index is 1.54. The maximum atomic E-state index is 13.6. The van der Waals surface area contributed by atoms with Gasteiger partial charge in [-0.15, -0.1) is 0 Å². The van der Waals surface area contributed by atoms with Crippen molar-refractivity contribution in [2.75, 3.05) is 4.90 Å². The van der Waals surface area contributed by atoms with Crippen LogP contribution in [0, 0.1) is 5.82 Å².